The highest BCUT2D eigenvalue weighted by molar-refractivity contribution is 6.07. The van der Waals surface area contributed by atoms with Gasteiger partial charge in [-0.2, -0.15) is 13.2 Å². The number of methoxy groups -OCH3 is 1. The fourth-order valence-electron chi connectivity index (χ4n) is 4.20. The van der Waals surface area contributed by atoms with Gasteiger partial charge < -0.3 is 24.6 Å². The van der Waals surface area contributed by atoms with E-state index in [1.54, 1.807) is 36.4 Å². The molecule has 0 aliphatic rings. The van der Waals surface area contributed by atoms with Gasteiger partial charge in [-0.25, -0.2) is 9.78 Å². The fourth-order valence-corrected chi connectivity index (χ4v) is 4.20. The Labute approximate surface area is 239 Å². The maximum absolute atomic E-state index is 13.2. The van der Waals surface area contributed by atoms with Crippen LogP contribution in [0.5, 0.6) is 11.5 Å². The van der Waals surface area contributed by atoms with E-state index in [4.69, 9.17) is 14.2 Å². The Kier molecular flexibility index (Phi) is 9.43. The predicted molar refractivity (Wildman–Crippen MR) is 148 cm³/mol. The summed E-state index contributed by atoms with van der Waals surface area (Å²) in [7, 11) is 1.50. The number of alkyl halides is 3. The zero-order valence-electron chi connectivity index (χ0n) is 22.5. The summed E-state index contributed by atoms with van der Waals surface area (Å²) in [6.45, 7) is 3.59. The molecule has 0 bridgehead atoms. The van der Waals surface area contributed by atoms with Crippen LogP contribution in [0.4, 0.5) is 13.2 Å². The monoisotopic (exact) mass is 580 g/mol. The largest absolute Gasteiger partial charge is 0.508 e. The van der Waals surface area contributed by atoms with Gasteiger partial charge in [0.05, 0.1) is 35.6 Å². The summed E-state index contributed by atoms with van der Waals surface area (Å²) in [4.78, 5) is 30.5. The Morgan fingerprint density at radius 2 is 1.71 bits per heavy atom. The molecule has 4 rings (SSSR count). The lowest BCUT2D eigenvalue weighted by molar-refractivity contribution is -0.137. The van der Waals surface area contributed by atoms with Crippen molar-refractivity contribution in [1.82, 2.24) is 10.3 Å². The van der Waals surface area contributed by atoms with Crippen LogP contribution in [0.15, 0.2) is 85.6 Å². The molecule has 1 aromatic heterocycles. The van der Waals surface area contributed by atoms with Gasteiger partial charge in [-0.1, -0.05) is 30.8 Å². The second-order valence-corrected chi connectivity index (χ2v) is 9.29. The number of benzene rings is 3. The molecule has 2 N–H and O–H groups in total. The molecule has 0 unspecified atom stereocenters. The Bertz CT molecular complexity index is 1570. The molecule has 1 amide bonds. The summed E-state index contributed by atoms with van der Waals surface area (Å²) in [5.74, 6) is -0.876. The Morgan fingerprint density at radius 1 is 1.02 bits per heavy atom. The van der Waals surface area contributed by atoms with Crippen molar-refractivity contribution in [3.05, 3.63) is 114 Å². The molecule has 0 radical (unpaired) electrons. The summed E-state index contributed by atoms with van der Waals surface area (Å²) >= 11 is 0. The van der Waals surface area contributed by atoms with Crippen LogP contribution in [0, 0.1) is 0 Å². The van der Waals surface area contributed by atoms with E-state index in [1.165, 1.54) is 31.4 Å². The number of carbonyl (C=O) groups excluding carboxylic acids is 2. The van der Waals surface area contributed by atoms with Crippen molar-refractivity contribution in [2.24, 2.45) is 0 Å². The highest BCUT2D eigenvalue weighted by Gasteiger charge is 2.30. The molecule has 0 fully saturated rings. The van der Waals surface area contributed by atoms with Crippen molar-refractivity contribution < 1.29 is 42.1 Å². The standard InChI is InChI=1S/C31H27F3N2O6/c1-3-41-30(39)26-16-28(29(38)35-22(18-40-2)14-19-6-10-23(37)11-7-19)36-27-13-12-24(15-25(26)27)42-17-20-4-8-21(9-5-20)31(32,33)34/h3-13,15-16,22,37H,1,14,17-18H2,2H3,(H,35,38)/t22-/m0/s1. The third kappa shape index (κ3) is 7.64. The van der Waals surface area contributed by atoms with Crippen LogP contribution in [-0.4, -0.2) is 41.7 Å². The first-order valence-electron chi connectivity index (χ1n) is 12.7. The zero-order chi connectivity index (χ0) is 30.3. The minimum Gasteiger partial charge on any atom is -0.508 e. The fraction of sp³-hybridized carbons (Fsp3) is 0.194. The van der Waals surface area contributed by atoms with Crippen molar-refractivity contribution in [3.8, 4) is 11.5 Å². The molecule has 0 saturated carbocycles. The summed E-state index contributed by atoms with van der Waals surface area (Å²) in [6.07, 6.45) is -3.06. The maximum Gasteiger partial charge on any atom is 0.416 e. The van der Waals surface area contributed by atoms with E-state index >= 15 is 0 Å². The highest BCUT2D eigenvalue weighted by Crippen LogP contribution is 2.30. The third-order valence-corrected chi connectivity index (χ3v) is 6.23. The number of hydrogen-bond acceptors (Lipinski definition) is 7. The van der Waals surface area contributed by atoms with Crippen LogP contribution in [0.1, 0.15) is 37.5 Å². The number of pyridine rings is 1. The number of phenols is 1. The van der Waals surface area contributed by atoms with E-state index in [9.17, 15) is 27.9 Å². The minimum absolute atomic E-state index is 0.0219. The Morgan fingerprint density at radius 3 is 2.36 bits per heavy atom. The number of nitrogens with one attached hydrogen (secondary N) is 1. The van der Waals surface area contributed by atoms with E-state index in [2.05, 4.69) is 16.9 Å². The van der Waals surface area contributed by atoms with Gasteiger partial charge in [0.25, 0.3) is 5.91 Å². The molecule has 0 spiro atoms. The van der Waals surface area contributed by atoms with Crippen LogP contribution in [0.25, 0.3) is 10.9 Å². The lowest BCUT2D eigenvalue weighted by atomic mass is 10.0. The van der Waals surface area contributed by atoms with E-state index in [1.807, 2.05) is 0 Å². The van der Waals surface area contributed by atoms with Gasteiger partial charge >= 0.3 is 12.1 Å². The predicted octanol–water partition coefficient (Wildman–Crippen LogP) is 5.83. The highest BCUT2D eigenvalue weighted by atomic mass is 19.4. The van der Waals surface area contributed by atoms with E-state index in [0.29, 0.717) is 28.6 Å². The number of carbonyl (C=O) groups is 2. The Balaban J connectivity index is 1.57. The van der Waals surface area contributed by atoms with Crippen LogP contribution in [0.3, 0.4) is 0 Å². The topological polar surface area (TPSA) is 107 Å². The molecule has 3 aromatic carbocycles. The second-order valence-electron chi connectivity index (χ2n) is 9.29. The molecule has 0 aliphatic heterocycles. The molecule has 0 aliphatic carbocycles. The van der Waals surface area contributed by atoms with Crippen molar-refractivity contribution in [2.75, 3.05) is 13.7 Å². The third-order valence-electron chi connectivity index (χ3n) is 6.23. The number of phenolic OH excluding ortho intramolecular Hbond substituents is 1. The number of rotatable bonds is 11. The Hall–Kier alpha value is -4.90. The van der Waals surface area contributed by atoms with Gasteiger partial charge in [0, 0.05) is 12.5 Å². The summed E-state index contributed by atoms with van der Waals surface area (Å²) in [5.41, 5.74) is 0.915. The average molecular weight is 581 g/mol. The molecular weight excluding hydrogens is 553 g/mol. The number of aromatic nitrogens is 1. The second kappa shape index (κ2) is 13.2. The summed E-state index contributed by atoms with van der Waals surface area (Å²) < 4.78 is 54.5. The van der Waals surface area contributed by atoms with Crippen molar-refractivity contribution >= 4 is 22.8 Å². The van der Waals surface area contributed by atoms with Crippen LogP contribution in [0.2, 0.25) is 0 Å². The molecule has 218 valence electrons. The quantitative estimate of drug-likeness (QED) is 0.170. The normalized spacial score (nSPS) is 12.0. The van der Waals surface area contributed by atoms with Crippen molar-refractivity contribution in [1.29, 1.82) is 0 Å². The van der Waals surface area contributed by atoms with Gasteiger partial charge in [0.15, 0.2) is 0 Å². The van der Waals surface area contributed by atoms with Gasteiger partial charge in [-0.3, -0.25) is 4.79 Å². The minimum atomic E-state index is -4.44. The van der Waals surface area contributed by atoms with E-state index in [-0.39, 0.29) is 30.2 Å². The maximum atomic E-state index is 13.2. The first-order valence-corrected chi connectivity index (χ1v) is 12.7. The van der Waals surface area contributed by atoms with Gasteiger partial charge in [0.2, 0.25) is 0 Å². The molecule has 0 saturated heterocycles. The van der Waals surface area contributed by atoms with Crippen LogP contribution < -0.4 is 10.1 Å². The van der Waals surface area contributed by atoms with E-state index in [0.717, 1.165) is 24.0 Å². The zero-order valence-corrected chi connectivity index (χ0v) is 22.5. The lowest BCUT2D eigenvalue weighted by Gasteiger charge is -2.18. The number of hydrogen-bond donors (Lipinski definition) is 2. The number of nitrogens with zero attached hydrogens (tertiary/aromatic N) is 1. The average Bonchev–Trinajstić information content (AvgIpc) is 2.96. The molecule has 42 heavy (non-hydrogen) atoms. The number of aromatic hydroxyl groups is 1. The number of halogens is 3. The lowest BCUT2D eigenvalue weighted by Crippen LogP contribution is -2.40. The number of esters is 1. The van der Waals surface area contributed by atoms with Crippen molar-refractivity contribution in [3.63, 3.8) is 0 Å². The molecule has 11 heteroatoms. The van der Waals surface area contributed by atoms with Crippen molar-refractivity contribution in [2.45, 2.75) is 25.2 Å². The first kappa shape index (κ1) is 30.1. The molecule has 1 heterocycles. The number of fused-ring (bicyclic) bond motifs is 1. The van der Waals surface area contributed by atoms with E-state index < -0.39 is 29.7 Å². The van der Waals surface area contributed by atoms with Gasteiger partial charge in [-0.05, 0) is 66.1 Å². The SMILES string of the molecule is C=COC(=O)c1cc(C(=O)N[C@H](COC)Cc2ccc(O)cc2)nc2ccc(OCc3ccc(C(F)(F)F)cc3)cc12. The van der Waals surface area contributed by atoms with Crippen LogP contribution in [-0.2, 0) is 28.7 Å². The molecule has 4 aromatic rings. The molecule has 8 nitrogen and oxygen atoms in total. The smallest absolute Gasteiger partial charge is 0.416 e. The molecular formula is C31H27F3N2O6. The number of amides is 1. The first-order chi connectivity index (χ1) is 20.1. The molecule has 1 atom stereocenters. The van der Waals surface area contributed by atoms with Crippen LogP contribution >= 0.6 is 0 Å². The summed E-state index contributed by atoms with van der Waals surface area (Å²) in [5, 5.41) is 12.7. The van der Waals surface area contributed by atoms with Gasteiger partial charge in [-0.15, -0.1) is 0 Å². The number of ether oxygens (including phenoxy) is 3. The summed E-state index contributed by atoms with van der Waals surface area (Å²) in [6, 6.07) is 16.7. The van der Waals surface area contributed by atoms with Gasteiger partial charge in [0.1, 0.15) is 23.8 Å².